The van der Waals surface area contributed by atoms with E-state index in [1.807, 2.05) is 84.9 Å². The van der Waals surface area contributed by atoms with Gasteiger partial charge in [-0.15, -0.1) is 0 Å². The predicted octanol–water partition coefficient (Wildman–Crippen LogP) is 5.57. The Morgan fingerprint density at radius 2 is 0.903 bits per heavy atom. The molecule has 2 atom stereocenters. The molecule has 2 unspecified atom stereocenters. The highest BCUT2D eigenvalue weighted by Gasteiger charge is 2.79. The van der Waals surface area contributed by atoms with Crippen LogP contribution in [0.2, 0.25) is 0 Å². The Labute approximate surface area is 181 Å². The minimum Gasteiger partial charge on any atom is -0.292 e. The number of Topliss-reactive ketones (excluding diaryl/α,β-unsaturated/α-hetero) is 1. The molecule has 0 aromatic heterocycles. The van der Waals surface area contributed by atoms with Gasteiger partial charge in [0.15, 0.2) is 5.78 Å². The second kappa shape index (κ2) is 6.63. The van der Waals surface area contributed by atoms with E-state index in [0.29, 0.717) is 0 Å². The van der Waals surface area contributed by atoms with E-state index in [-0.39, 0.29) is 5.78 Å². The molecule has 4 aromatic carbocycles. The average molecular weight is 399 g/mol. The zero-order valence-corrected chi connectivity index (χ0v) is 17.0. The molecule has 31 heavy (non-hydrogen) atoms. The summed E-state index contributed by atoms with van der Waals surface area (Å²) in [5, 5.41) is 3.72. The Morgan fingerprint density at radius 1 is 0.484 bits per heavy atom. The molecule has 0 radical (unpaired) electrons. The number of nitrogens with one attached hydrogen (secondary N) is 1. The summed E-state index contributed by atoms with van der Waals surface area (Å²) in [5.41, 5.74) is 4.61. The highest BCUT2D eigenvalue weighted by Crippen LogP contribution is 2.69. The first kappa shape index (κ1) is 18.1. The highest BCUT2D eigenvalue weighted by molar-refractivity contribution is 6.39. The molecular formula is C29H21NO. The van der Waals surface area contributed by atoms with Crippen LogP contribution in [0.4, 0.5) is 0 Å². The molecule has 1 aliphatic heterocycles. The maximum atomic E-state index is 14.3. The number of hydrogen-bond donors (Lipinski definition) is 1. The Hall–Kier alpha value is -3.75. The molecule has 4 aromatic rings. The third-order valence-corrected chi connectivity index (χ3v) is 6.61. The Kier molecular flexibility index (Phi) is 3.86. The first-order valence-corrected chi connectivity index (χ1v) is 10.6. The van der Waals surface area contributed by atoms with Crippen molar-refractivity contribution in [1.82, 2.24) is 5.32 Å². The molecule has 6 rings (SSSR count). The summed E-state index contributed by atoms with van der Waals surface area (Å²) in [7, 11) is 0. The summed E-state index contributed by atoms with van der Waals surface area (Å²) >= 11 is 0. The third-order valence-electron chi connectivity index (χ3n) is 6.61. The smallest absolute Gasteiger partial charge is 0.191 e. The molecule has 2 heteroatoms. The van der Waals surface area contributed by atoms with E-state index < -0.39 is 11.1 Å². The number of fused-ring (bicyclic) bond motifs is 1. The topological polar surface area (TPSA) is 39.0 Å². The molecule has 1 aliphatic carbocycles. The number of carbonyl (C=O) groups excluding carboxylic acids is 1. The van der Waals surface area contributed by atoms with E-state index in [1.165, 1.54) is 0 Å². The van der Waals surface area contributed by atoms with Gasteiger partial charge in [0, 0.05) is 5.57 Å². The molecule has 0 bridgehead atoms. The van der Waals surface area contributed by atoms with Gasteiger partial charge in [0.05, 0.1) is 0 Å². The van der Waals surface area contributed by atoms with E-state index in [4.69, 9.17) is 0 Å². The minimum atomic E-state index is -0.800. The molecule has 2 nitrogen and oxygen atoms in total. The van der Waals surface area contributed by atoms with Gasteiger partial charge in [-0.25, -0.2) is 0 Å². The van der Waals surface area contributed by atoms with Crippen LogP contribution >= 0.6 is 0 Å². The van der Waals surface area contributed by atoms with Crippen molar-refractivity contribution in [3.8, 4) is 0 Å². The highest BCUT2D eigenvalue weighted by atomic mass is 16.1. The van der Waals surface area contributed by atoms with Gasteiger partial charge in [-0.1, -0.05) is 121 Å². The lowest BCUT2D eigenvalue weighted by Crippen LogP contribution is -2.26. The van der Waals surface area contributed by atoms with Crippen LogP contribution in [0.25, 0.3) is 11.1 Å². The van der Waals surface area contributed by atoms with Crippen molar-refractivity contribution in [3.63, 3.8) is 0 Å². The van der Waals surface area contributed by atoms with Crippen molar-refractivity contribution in [2.75, 3.05) is 0 Å². The predicted molar refractivity (Wildman–Crippen MR) is 124 cm³/mol. The lowest BCUT2D eigenvalue weighted by molar-refractivity contribution is -0.116. The van der Waals surface area contributed by atoms with Crippen LogP contribution in [-0.2, 0) is 15.9 Å². The molecule has 1 heterocycles. The molecule has 1 fully saturated rings. The molecule has 0 spiro atoms. The summed E-state index contributed by atoms with van der Waals surface area (Å²) in [4.78, 5) is 14.3. The summed E-state index contributed by atoms with van der Waals surface area (Å²) < 4.78 is 0. The largest absolute Gasteiger partial charge is 0.292 e. The van der Waals surface area contributed by atoms with E-state index in [2.05, 4.69) is 41.7 Å². The van der Waals surface area contributed by atoms with Gasteiger partial charge in [-0.05, 0) is 27.8 Å². The summed E-state index contributed by atoms with van der Waals surface area (Å²) in [5.74, 6) is 0.132. The lowest BCUT2D eigenvalue weighted by Gasteiger charge is -2.20. The van der Waals surface area contributed by atoms with E-state index >= 15 is 0 Å². The molecule has 2 aliphatic rings. The molecule has 0 amide bonds. The van der Waals surface area contributed by atoms with Crippen LogP contribution in [0, 0.1) is 0 Å². The fraction of sp³-hybridized carbons (Fsp3) is 0.0690. The van der Waals surface area contributed by atoms with E-state index in [0.717, 1.165) is 33.4 Å². The van der Waals surface area contributed by atoms with Crippen molar-refractivity contribution >= 4 is 16.9 Å². The SMILES string of the molecule is O=C1C(c2ccccc2)=C(c2ccccc2)C2(c3ccccc3)NC12c1ccccc1. The molecule has 0 saturated carbocycles. The van der Waals surface area contributed by atoms with E-state index in [1.54, 1.807) is 0 Å². The second-order valence-corrected chi connectivity index (χ2v) is 8.17. The minimum absolute atomic E-state index is 0.132. The molecule has 148 valence electrons. The normalized spacial score (nSPS) is 24.2. The first-order chi connectivity index (χ1) is 15.3. The molecule has 1 saturated heterocycles. The average Bonchev–Trinajstić information content (AvgIpc) is 3.51. The van der Waals surface area contributed by atoms with Gasteiger partial charge in [0.1, 0.15) is 11.1 Å². The van der Waals surface area contributed by atoms with Crippen LogP contribution < -0.4 is 5.32 Å². The summed E-state index contributed by atoms with van der Waals surface area (Å²) in [6.45, 7) is 0. The van der Waals surface area contributed by atoms with Crippen molar-refractivity contribution in [2.45, 2.75) is 11.1 Å². The van der Waals surface area contributed by atoms with Crippen LogP contribution in [0.15, 0.2) is 121 Å². The molecular weight excluding hydrogens is 378 g/mol. The van der Waals surface area contributed by atoms with Crippen LogP contribution in [0.5, 0.6) is 0 Å². The second-order valence-electron chi connectivity index (χ2n) is 8.17. The van der Waals surface area contributed by atoms with Crippen LogP contribution in [0.3, 0.4) is 0 Å². The van der Waals surface area contributed by atoms with Gasteiger partial charge in [0.2, 0.25) is 0 Å². The Bertz CT molecular complexity index is 1300. The van der Waals surface area contributed by atoms with Gasteiger partial charge < -0.3 is 0 Å². The number of rotatable bonds is 4. The Morgan fingerprint density at radius 3 is 1.42 bits per heavy atom. The number of ketones is 1. The standard InChI is InChI=1S/C29H21NO/c31-27-25(21-13-5-1-6-14-21)26(22-15-7-2-8-16-22)28(23-17-9-3-10-18-23)29(27,30-28)24-19-11-4-12-20-24/h1-20,30H. The van der Waals surface area contributed by atoms with E-state index in [9.17, 15) is 4.79 Å². The number of hydrogen-bond acceptors (Lipinski definition) is 2. The third kappa shape index (κ3) is 2.34. The fourth-order valence-corrected chi connectivity index (χ4v) is 5.29. The number of benzene rings is 4. The van der Waals surface area contributed by atoms with Gasteiger partial charge in [-0.3, -0.25) is 10.1 Å². The van der Waals surface area contributed by atoms with Gasteiger partial charge in [0.25, 0.3) is 0 Å². The van der Waals surface area contributed by atoms with Crippen LogP contribution in [-0.4, -0.2) is 5.78 Å². The van der Waals surface area contributed by atoms with Gasteiger partial charge in [-0.2, -0.15) is 0 Å². The molecule has 1 N–H and O–H groups in total. The number of carbonyl (C=O) groups is 1. The lowest BCUT2D eigenvalue weighted by atomic mass is 9.78. The maximum Gasteiger partial charge on any atom is 0.191 e. The van der Waals surface area contributed by atoms with Crippen LogP contribution in [0.1, 0.15) is 22.3 Å². The maximum absolute atomic E-state index is 14.3. The Balaban J connectivity index is 1.71. The summed E-state index contributed by atoms with van der Waals surface area (Å²) in [6, 6.07) is 40.9. The van der Waals surface area contributed by atoms with Crippen molar-refractivity contribution in [1.29, 1.82) is 0 Å². The monoisotopic (exact) mass is 399 g/mol. The quantitative estimate of drug-likeness (QED) is 0.455. The fourth-order valence-electron chi connectivity index (χ4n) is 5.29. The van der Waals surface area contributed by atoms with Crippen molar-refractivity contribution < 1.29 is 4.79 Å². The zero-order chi connectivity index (χ0) is 20.9. The first-order valence-electron chi connectivity index (χ1n) is 10.6. The van der Waals surface area contributed by atoms with Gasteiger partial charge >= 0.3 is 0 Å². The zero-order valence-electron chi connectivity index (χ0n) is 17.0. The van der Waals surface area contributed by atoms with Crippen molar-refractivity contribution in [2.24, 2.45) is 0 Å². The summed E-state index contributed by atoms with van der Waals surface area (Å²) in [6.07, 6.45) is 0. The van der Waals surface area contributed by atoms with Crippen molar-refractivity contribution in [3.05, 3.63) is 144 Å².